The molecule has 0 bridgehead atoms. The van der Waals surface area contributed by atoms with Crippen molar-refractivity contribution in [3.8, 4) is 11.5 Å². The van der Waals surface area contributed by atoms with Crippen LogP contribution in [0.15, 0.2) is 60.9 Å². The molecule has 6 nitrogen and oxygen atoms in total. The van der Waals surface area contributed by atoms with Gasteiger partial charge in [0.1, 0.15) is 12.2 Å². The summed E-state index contributed by atoms with van der Waals surface area (Å²) >= 11 is 11.9. The molecular formula is C19H13Cl2N5O. The molecule has 0 aliphatic rings. The summed E-state index contributed by atoms with van der Waals surface area (Å²) in [5.41, 5.74) is 2.31. The molecule has 134 valence electrons. The van der Waals surface area contributed by atoms with Crippen LogP contribution in [-0.4, -0.2) is 25.4 Å². The van der Waals surface area contributed by atoms with Crippen molar-refractivity contribution in [2.75, 3.05) is 5.32 Å². The number of imidazole rings is 1. The van der Waals surface area contributed by atoms with Gasteiger partial charge in [0.25, 0.3) is 0 Å². The monoisotopic (exact) mass is 397 g/mol. The number of pyridine rings is 2. The van der Waals surface area contributed by atoms with Crippen molar-refractivity contribution >= 4 is 46.0 Å². The van der Waals surface area contributed by atoms with E-state index in [9.17, 15) is 4.79 Å². The van der Waals surface area contributed by atoms with Gasteiger partial charge in [0.15, 0.2) is 11.6 Å². The zero-order chi connectivity index (χ0) is 18.8. The molecule has 27 heavy (non-hydrogen) atoms. The third-order valence-corrected chi connectivity index (χ3v) is 4.41. The Morgan fingerprint density at radius 2 is 1.89 bits per heavy atom. The van der Waals surface area contributed by atoms with E-state index in [1.165, 1.54) is 12.3 Å². The summed E-state index contributed by atoms with van der Waals surface area (Å²) in [5, 5.41) is 3.38. The second kappa shape index (κ2) is 7.34. The number of anilines is 1. The Hall–Kier alpha value is -2.96. The van der Waals surface area contributed by atoms with Crippen LogP contribution in [0.5, 0.6) is 0 Å². The van der Waals surface area contributed by atoms with Crippen LogP contribution < -0.4 is 5.32 Å². The summed E-state index contributed by atoms with van der Waals surface area (Å²) in [4.78, 5) is 25.7. The lowest BCUT2D eigenvalue weighted by Gasteiger charge is -2.10. The lowest BCUT2D eigenvalue weighted by molar-refractivity contribution is -0.116. The van der Waals surface area contributed by atoms with E-state index in [0.29, 0.717) is 16.5 Å². The number of nitrogens with zero attached hydrogens (tertiary/aromatic N) is 4. The van der Waals surface area contributed by atoms with Crippen LogP contribution in [0.3, 0.4) is 0 Å². The van der Waals surface area contributed by atoms with Crippen LogP contribution in [0, 0.1) is 0 Å². The van der Waals surface area contributed by atoms with Crippen LogP contribution in [0.2, 0.25) is 10.0 Å². The number of para-hydroxylation sites is 2. The van der Waals surface area contributed by atoms with Crippen molar-refractivity contribution in [1.29, 1.82) is 0 Å². The number of carbonyl (C=O) groups excluding carboxylic acids is 1. The molecule has 1 aromatic carbocycles. The van der Waals surface area contributed by atoms with Crippen LogP contribution in [0.4, 0.5) is 5.82 Å². The molecule has 1 N–H and O–H groups in total. The molecule has 0 saturated heterocycles. The molecule has 8 heteroatoms. The average molecular weight is 398 g/mol. The molecule has 4 rings (SSSR count). The van der Waals surface area contributed by atoms with Crippen LogP contribution in [0.1, 0.15) is 0 Å². The lowest BCUT2D eigenvalue weighted by atomic mass is 10.3. The van der Waals surface area contributed by atoms with E-state index in [4.69, 9.17) is 23.2 Å². The Bertz CT molecular complexity index is 1130. The molecule has 4 aromatic rings. The number of halogens is 2. The van der Waals surface area contributed by atoms with Gasteiger partial charge in [0.05, 0.1) is 21.1 Å². The predicted octanol–water partition coefficient (Wildman–Crippen LogP) is 4.44. The van der Waals surface area contributed by atoms with E-state index in [1.807, 2.05) is 47.0 Å². The maximum absolute atomic E-state index is 12.6. The molecule has 0 atom stereocenters. The minimum absolute atomic E-state index is 0.0348. The second-order valence-electron chi connectivity index (χ2n) is 5.76. The van der Waals surface area contributed by atoms with Crippen molar-refractivity contribution in [2.45, 2.75) is 6.54 Å². The van der Waals surface area contributed by atoms with Gasteiger partial charge >= 0.3 is 0 Å². The van der Waals surface area contributed by atoms with E-state index in [1.54, 1.807) is 6.20 Å². The SMILES string of the molecule is O=C(Cn1c(-c2ccccn2)nc2ccccc21)Nc1ncc(Cl)cc1Cl. The number of hydrogen-bond donors (Lipinski definition) is 1. The van der Waals surface area contributed by atoms with Gasteiger partial charge in [-0.2, -0.15) is 0 Å². The predicted molar refractivity (Wildman–Crippen MR) is 106 cm³/mol. The highest BCUT2D eigenvalue weighted by molar-refractivity contribution is 6.36. The van der Waals surface area contributed by atoms with Gasteiger partial charge in [0.2, 0.25) is 5.91 Å². The number of nitrogens with one attached hydrogen (secondary N) is 1. The van der Waals surface area contributed by atoms with Gasteiger partial charge in [-0.25, -0.2) is 9.97 Å². The van der Waals surface area contributed by atoms with Gasteiger partial charge in [-0.05, 0) is 30.3 Å². The number of hydrogen-bond acceptors (Lipinski definition) is 4. The van der Waals surface area contributed by atoms with Crippen LogP contribution in [-0.2, 0) is 11.3 Å². The molecule has 1 amide bonds. The topological polar surface area (TPSA) is 72.7 Å². The van der Waals surface area contributed by atoms with E-state index < -0.39 is 0 Å². The number of rotatable bonds is 4. The quantitative estimate of drug-likeness (QED) is 0.552. The minimum Gasteiger partial charge on any atom is -0.313 e. The van der Waals surface area contributed by atoms with Gasteiger partial charge in [0, 0.05) is 12.4 Å². The maximum atomic E-state index is 12.6. The molecule has 3 heterocycles. The first-order chi connectivity index (χ1) is 13.1. The highest BCUT2D eigenvalue weighted by atomic mass is 35.5. The standard InChI is InChI=1S/C19H13Cl2N5O/c20-12-9-13(21)18(23-10-12)25-17(27)11-26-16-7-2-1-5-14(16)24-19(26)15-6-3-4-8-22-15/h1-10H,11H2,(H,23,25,27). The molecule has 0 aliphatic heterocycles. The molecule has 0 aliphatic carbocycles. The lowest BCUT2D eigenvalue weighted by Crippen LogP contribution is -2.20. The van der Waals surface area contributed by atoms with Crippen molar-refractivity contribution in [1.82, 2.24) is 19.5 Å². The Morgan fingerprint density at radius 3 is 2.67 bits per heavy atom. The van der Waals surface area contributed by atoms with E-state index >= 15 is 0 Å². The molecule has 0 unspecified atom stereocenters. The largest absolute Gasteiger partial charge is 0.313 e. The molecular weight excluding hydrogens is 385 g/mol. The van der Waals surface area contributed by atoms with Crippen molar-refractivity contribution in [2.24, 2.45) is 0 Å². The van der Waals surface area contributed by atoms with E-state index in [-0.39, 0.29) is 23.3 Å². The van der Waals surface area contributed by atoms with E-state index in [0.717, 1.165) is 11.0 Å². The summed E-state index contributed by atoms with van der Waals surface area (Å²) in [7, 11) is 0. The fraction of sp³-hybridized carbons (Fsp3) is 0.0526. The Kier molecular flexibility index (Phi) is 4.75. The summed E-state index contributed by atoms with van der Waals surface area (Å²) in [6, 6.07) is 14.7. The molecule has 0 radical (unpaired) electrons. The zero-order valence-corrected chi connectivity index (χ0v) is 15.4. The summed E-state index contributed by atoms with van der Waals surface area (Å²) in [6.07, 6.45) is 3.12. The van der Waals surface area contributed by atoms with Crippen molar-refractivity contribution in [3.63, 3.8) is 0 Å². The maximum Gasteiger partial charge on any atom is 0.245 e. The second-order valence-corrected chi connectivity index (χ2v) is 6.60. The smallest absolute Gasteiger partial charge is 0.245 e. The first-order valence-electron chi connectivity index (χ1n) is 8.09. The molecule has 0 saturated carbocycles. The fourth-order valence-corrected chi connectivity index (χ4v) is 3.18. The van der Waals surface area contributed by atoms with Crippen LogP contribution in [0.25, 0.3) is 22.6 Å². The van der Waals surface area contributed by atoms with Gasteiger partial charge < -0.3 is 9.88 Å². The highest BCUT2D eigenvalue weighted by Crippen LogP contribution is 2.25. The first kappa shape index (κ1) is 17.5. The molecule has 0 fully saturated rings. The normalized spacial score (nSPS) is 10.9. The minimum atomic E-state index is -0.285. The molecule has 0 spiro atoms. The summed E-state index contributed by atoms with van der Waals surface area (Å²) < 4.78 is 1.82. The van der Waals surface area contributed by atoms with Gasteiger partial charge in [-0.1, -0.05) is 41.4 Å². The molecule has 3 aromatic heterocycles. The van der Waals surface area contributed by atoms with E-state index in [2.05, 4.69) is 20.3 Å². The highest BCUT2D eigenvalue weighted by Gasteiger charge is 2.16. The van der Waals surface area contributed by atoms with Crippen molar-refractivity contribution < 1.29 is 4.79 Å². The summed E-state index contributed by atoms with van der Waals surface area (Å²) in [6.45, 7) is 0.0348. The average Bonchev–Trinajstić information content (AvgIpc) is 3.03. The third kappa shape index (κ3) is 3.63. The number of fused-ring (bicyclic) bond motifs is 1. The van der Waals surface area contributed by atoms with Gasteiger partial charge in [-0.3, -0.25) is 9.78 Å². The number of carbonyl (C=O) groups is 1. The summed E-state index contributed by atoms with van der Waals surface area (Å²) in [5.74, 6) is 0.587. The van der Waals surface area contributed by atoms with Gasteiger partial charge in [-0.15, -0.1) is 0 Å². The number of aromatic nitrogens is 4. The Morgan fingerprint density at radius 1 is 1.07 bits per heavy atom. The fourth-order valence-electron chi connectivity index (χ4n) is 2.75. The zero-order valence-electron chi connectivity index (χ0n) is 13.9. The van der Waals surface area contributed by atoms with Crippen LogP contribution >= 0.6 is 23.2 Å². The Balaban J connectivity index is 1.69. The number of benzene rings is 1. The first-order valence-corrected chi connectivity index (χ1v) is 8.85. The Labute approximate surface area is 164 Å². The third-order valence-electron chi connectivity index (χ3n) is 3.92. The van der Waals surface area contributed by atoms with Crippen molar-refractivity contribution in [3.05, 3.63) is 71.0 Å². The number of amides is 1.